The first-order valence-corrected chi connectivity index (χ1v) is 5.79. The Hall–Kier alpha value is -0.760. The molecule has 0 spiro atoms. The van der Waals surface area contributed by atoms with Crippen LogP contribution in [0.5, 0.6) is 5.75 Å². The van der Waals surface area contributed by atoms with Gasteiger partial charge in [-0.1, -0.05) is 40.7 Å². The van der Waals surface area contributed by atoms with E-state index in [-0.39, 0.29) is 0 Å². The quantitative estimate of drug-likeness (QED) is 0.729. The van der Waals surface area contributed by atoms with Gasteiger partial charge in [-0.25, -0.2) is 0 Å². The van der Waals surface area contributed by atoms with Crippen molar-refractivity contribution >= 4 is 22.0 Å². The molecule has 2 heteroatoms. The highest BCUT2D eigenvalue weighted by Crippen LogP contribution is 2.21. The molecule has 0 unspecified atom stereocenters. The second-order valence-corrected chi connectivity index (χ2v) is 3.87. The molecule has 0 radical (unpaired) electrons. The highest BCUT2D eigenvalue weighted by molar-refractivity contribution is 9.09. The van der Waals surface area contributed by atoms with Crippen LogP contribution in [0.3, 0.4) is 0 Å². The van der Waals surface area contributed by atoms with Gasteiger partial charge in [-0.15, -0.1) is 0 Å². The third kappa shape index (κ3) is 2.88. The zero-order valence-corrected chi connectivity index (χ0v) is 10.0. The van der Waals surface area contributed by atoms with Crippen molar-refractivity contribution in [2.24, 2.45) is 0 Å². The predicted molar refractivity (Wildman–Crippen MR) is 65.2 cm³/mol. The Labute approximate surface area is 93.9 Å². The second kappa shape index (κ2) is 5.86. The lowest BCUT2D eigenvalue weighted by atomic mass is 10.1. The SMILES string of the molecule is C=Cc1ccc(CCCBr)cc1OC. The first-order valence-electron chi connectivity index (χ1n) is 4.67. The van der Waals surface area contributed by atoms with Crippen molar-refractivity contribution in [3.8, 4) is 5.75 Å². The second-order valence-electron chi connectivity index (χ2n) is 3.07. The van der Waals surface area contributed by atoms with E-state index in [1.54, 1.807) is 7.11 Å². The minimum atomic E-state index is 0.909. The van der Waals surface area contributed by atoms with Gasteiger partial charge in [0, 0.05) is 10.9 Å². The first kappa shape index (κ1) is 11.3. The van der Waals surface area contributed by atoms with Crippen LogP contribution in [-0.4, -0.2) is 12.4 Å². The Kier molecular flexibility index (Phi) is 4.74. The Balaban J connectivity index is 2.84. The molecular formula is C12H15BrO. The molecule has 0 saturated heterocycles. The van der Waals surface area contributed by atoms with Gasteiger partial charge in [-0.3, -0.25) is 0 Å². The minimum Gasteiger partial charge on any atom is -0.496 e. The molecule has 0 amide bonds. The van der Waals surface area contributed by atoms with Gasteiger partial charge in [0.2, 0.25) is 0 Å². The summed E-state index contributed by atoms with van der Waals surface area (Å²) in [5.41, 5.74) is 2.36. The predicted octanol–water partition coefficient (Wildman–Crippen LogP) is 3.67. The zero-order valence-electron chi connectivity index (χ0n) is 8.42. The van der Waals surface area contributed by atoms with Crippen molar-refractivity contribution in [1.29, 1.82) is 0 Å². The number of aryl methyl sites for hydroxylation is 1. The van der Waals surface area contributed by atoms with Crippen LogP contribution in [0.25, 0.3) is 6.08 Å². The average Bonchev–Trinajstić information content (AvgIpc) is 2.25. The number of benzene rings is 1. The van der Waals surface area contributed by atoms with E-state index in [4.69, 9.17) is 4.74 Å². The van der Waals surface area contributed by atoms with Crippen molar-refractivity contribution < 1.29 is 4.74 Å². The monoisotopic (exact) mass is 254 g/mol. The van der Waals surface area contributed by atoms with Crippen LogP contribution in [0.4, 0.5) is 0 Å². The van der Waals surface area contributed by atoms with Crippen molar-refractivity contribution in [1.82, 2.24) is 0 Å². The molecule has 0 aliphatic heterocycles. The molecule has 76 valence electrons. The van der Waals surface area contributed by atoms with Gasteiger partial charge in [-0.2, -0.15) is 0 Å². The van der Waals surface area contributed by atoms with E-state index in [0.29, 0.717) is 0 Å². The molecule has 0 N–H and O–H groups in total. The summed E-state index contributed by atoms with van der Waals surface area (Å²) in [6, 6.07) is 6.26. The molecule has 0 saturated carbocycles. The Morgan fingerprint density at radius 3 is 2.86 bits per heavy atom. The van der Waals surface area contributed by atoms with Gasteiger partial charge < -0.3 is 4.74 Å². The molecular weight excluding hydrogens is 240 g/mol. The third-order valence-corrected chi connectivity index (χ3v) is 2.68. The van der Waals surface area contributed by atoms with Crippen LogP contribution in [0.15, 0.2) is 24.8 Å². The van der Waals surface area contributed by atoms with Crippen LogP contribution < -0.4 is 4.74 Å². The van der Waals surface area contributed by atoms with Crippen molar-refractivity contribution in [2.45, 2.75) is 12.8 Å². The van der Waals surface area contributed by atoms with E-state index in [9.17, 15) is 0 Å². The molecule has 0 aliphatic carbocycles. The number of ether oxygens (including phenoxy) is 1. The van der Waals surface area contributed by atoms with Crippen LogP contribution in [-0.2, 0) is 6.42 Å². The summed E-state index contributed by atoms with van der Waals surface area (Å²) in [6.07, 6.45) is 4.04. The van der Waals surface area contributed by atoms with E-state index in [0.717, 1.165) is 29.5 Å². The summed E-state index contributed by atoms with van der Waals surface area (Å²) in [7, 11) is 1.69. The molecule has 0 fully saturated rings. The zero-order chi connectivity index (χ0) is 10.4. The lowest BCUT2D eigenvalue weighted by molar-refractivity contribution is 0.413. The van der Waals surface area contributed by atoms with E-state index in [2.05, 4.69) is 40.7 Å². The topological polar surface area (TPSA) is 9.23 Å². The first-order chi connectivity index (χ1) is 6.81. The number of hydrogen-bond acceptors (Lipinski definition) is 1. The third-order valence-electron chi connectivity index (χ3n) is 2.12. The number of methoxy groups -OCH3 is 1. The summed E-state index contributed by atoms with van der Waals surface area (Å²) in [4.78, 5) is 0. The van der Waals surface area contributed by atoms with Crippen LogP contribution in [0, 0.1) is 0 Å². The molecule has 1 rings (SSSR count). The summed E-state index contributed by atoms with van der Waals surface area (Å²) in [6.45, 7) is 3.74. The molecule has 0 aromatic heterocycles. The fourth-order valence-corrected chi connectivity index (χ4v) is 1.63. The van der Waals surface area contributed by atoms with Gasteiger partial charge in [0.1, 0.15) is 5.75 Å². The fourth-order valence-electron chi connectivity index (χ4n) is 1.35. The van der Waals surface area contributed by atoms with Gasteiger partial charge in [0.05, 0.1) is 7.11 Å². The van der Waals surface area contributed by atoms with Crippen molar-refractivity contribution in [2.75, 3.05) is 12.4 Å². The highest BCUT2D eigenvalue weighted by Gasteiger charge is 2.00. The number of hydrogen-bond donors (Lipinski definition) is 0. The van der Waals surface area contributed by atoms with Gasteiger partial charge >= 0.3 is 0 Å². The number of alkyl halides is 1. The number of rotatable bonds is 5. The lowest BCUT2D eigenvalue weighted by Gasteiger charge is -2.07. The minimum absolute atomic E-state index is 0.909. The van der Waals surface area contributed by atoms with E-state index in [1.807, 2.05) is 6.08 Å². The number of halogens is 1. The Morgan fingerprint density at radius 1 is 1.50 bits per heavy atom. The smallest absolute Gasteiger partial charge is 0.126 e. The van der Waals surface area contributed by atoms with Gasteiger partial charge in [0.25, 0.3) is 0 Å². The van der Waals surface area contributed by atoms with Crippen molar-refractivity contribution in [3.05, 3.63) is 35.9 Å². The maximum absolute atomic E-state index is 5.27. The molecule has 0 bridgehead atoms. The maximum Gasteiger partial charge on any atom is 0.126 e. The Morgan fingerprint density at radius 2 is 2.29 bits per heavy atom. The molecule has 0 atom stereocenters. The fraction of sp³-hybridized carbons (Fsp3) is 0.333. The molecule has 1 nitrogen and oxygen atoms in total. The van der Waals surface area contributed by atoms with E-state index < -0.39 is 0 Å². The summed E-state index contributed by atoms with van der Waals surface area (Å²) in [5.74, 6) is 0.909. The summed E-state index contributed by atoms with van der Waals surface area (Å²) >= 11 is 3.42. The van der Waals surface area contributed by atoms with Crippen LogP contribution >= 0.6 is 15.9 Å². The maximum atomic E-state index is 5.27. The molecule has 1 aromatic rings. The van der Waals surface area contributed by atoms with Crippen molar-refractivity contribution in [3.63, 3.8) is 0 Å². The van der Waals surface area contributed by atoms with Gasteiger partial charge in [0.15, 0.2) is 0 Å². The molecule has 14 heavy (non-hydrogen) atoms. The largest absolute Gasteiger partial charge is 0.496 e. The molecule has 0 aliphatic rings. The lowest BCUT2D eigenvalue weighted by Crippen LogP contribution is -1.91. The van der Waals surface area contributed by atoms with Gasteiger partial charge in [-0.05, 0) is 24.5 Å². The standard InChI is InChI=1S/C12H15BrO/c1-3-11-7-6-10(5-4-8-13)9-12(11)14-2/h3,6-7,9H,1,4-5,8H2,2H3. The van der Waals surface area contributed by atoms with Crippen LogP contribution in [0.1, 0.15) is 17.5 Å². The van der Waals surface area contributed by atoms with E-state index >= 15 is 0 Å². The summed E-state index contributed by atoms with van der Waals surface area (Å²) in [5, 5.41) is 1.04. The Bertz CT molecular complexity index is 307. The normalized spacial score (nSPS) is 9.86. The van der Waals surface area contributed by atoms with E-state index in [1.165, 1.54) is 5.56 Å². The van der Waals surface area contributed by atoms with Crippen LogP contribution in [0.2, 0.25) is 0 Å². The average molecular weight is 255 g/mol. The molecule has 1 aromatic carbocycles. The highest BCUT2D eigenvalue weighted by atomic mass is 79.9. The summed E-state index contributed by atoms with van der Waals surface area (Å²) < 4.78 is 5.27. The molecule has 0 heterocycles.